The molecule has 0 bridgehead atoms. The Labute approximate surface area is 211 Å². The van der Waals surface area contributed by atoms with Crippen LogP contribution in [0.3, 0.4) is 0 Å². The third kappa shape index (κ3) is 5.20. The van der Waals surface area contributed by atoms with Gasteiger partial charge in [-0.3, -0.25) is 24.7 Å². The van der Waals surface area contributed by atoms with Gasteiger partial charge in [0.05, 0.1) is 12.1 Å². The topological polar surface area (TPSA) is 81.8 Å². The molecule has 1 saturated heterocycles. The molecule has 1 fully saturated rings. The highest BCUT2D eigenvalue weighted by molar-refractivity contribution is 7.80. The van der Waals surface area contributed by atoms with Crippen molar-refractivity contribution in [3.63, 3.8) is 0 Å². The molecule has 10 heteroatoms. The van der Waals surface area contributed by atoms with Crippen LogP contribution in [0.1, 0.15) is 16.8 Å². The van der Waals surface area contributed by atoms with Crippen LogP contribution in [0.25, 0.3) is 0 Å². The monoisotopic (exact) mass is 512 g/mol. The molecular formula is C24H18Cl2N4O3S. The minimum absolute atomic E-state index is 0.0593. The van der Waals surface area contributed by atoms with Crippen molar-refractivity contribution in [3.05, 3.63) is 94.5 Å². The van der Waals surface area contributed by atoms with Crippen LogP contribution in [0.4, 0.5) is 11.4 Å². The fourth-order valence-electron chi connectivity index (χ4n) is 3.49. The first kappa shape index (κ1) is 23.7. The molecule has 34 heavy (non-hydrogen) atoms. The zero-order valence-corrected chi connectivity index (χ0v) is 19.9. The number of amides is 3. The van der Waals surface area contributed by atoms with Crippen molar-refractivity contribution in [2.75, 3.05) is 10.2 Å². The van der Waals surface area contributed by atoms with Gasteiger partial charge in [-0.25, -0.2) is 5.01 Å². The van der Waals surface area contributed by atoms with E-state index >= 15 is 0 Å². The molecule has 0 aromatic heterocycles. The largest absolute Gasteiger partial charge is 0.326 e. The number of hydrogen-bond acceptors (Lipinski definition) is 4. The van der Waals surface area contributed by atoms with E-state index in [4.69, 9.17) is 35.4 Å². The first-order valence-electron chi connectivity index (χ1n) is 10.2. The van der Waals surface area contributed by atoms with Crippen LogP contribution >= 0.6 is 35.4 Å². The number of thiocarbonyl (C=S) groups is 1. The summed E-state index contributed by atoms with van der Waals surface area (Å²) < 4.78 is 0. The maximum absolute atomic E-state index is 13.4. The van der Waals surface area contributed by atoms with Gasteiger partial charge in [0.25, 0.3) is 11.8 Å². The number of benzene rings is 3. The van der Waals surface area contributed by atoms with E-state index in [1.54, 1.807) is 54.6 Å². The second kappa shape index (κ2) is 10.2. The normalized spacial score (nSPS) is 15.4. The molecule has 1 aliphatic rings. The van der Waals surface area contributed by atoms with Crippen LogP contribution in [0, 0.1) is 0 Å². The summed E-state index contributed by atoms with van der Waals surface area (Å²) >= 11 is 17.5. The molecule has 172 valence electrons. The lowest BCUT2D eigenvalue weighted by atomic mass is 10.1. The molecule has 1 aliphatic heterocycles. The molecule has 0 radical (unpaired) electrons. The number of nitrogens with zero attached hydrogens (tertiary/aromatic N) is 2. The number of rotatable bonds is 6. The Bertz CT molecular complexity index is 1240. The van der Waals surface area contributed by atoms with Gasteiger partial charge in [0.15, 0.2) is 0 Å². The quantitative estimate of drug-likeness (QED) is 0.469. The second-order valence-corrected chi connectivity index (χ2v) is 8.63. The Hall–Kier alpha value is -3.46. The maximum Gasteiger partial charge on any atom is 0.269 e. The Morgan fingerprint density at radius 2 is 1.50 bits per heavy atom. The molecule has 3 amide bonds. The number of hydrazine groups is 1. The van der Waals surface area contributed by atoms with E-state index in [-0.39, 0.29) is 11.5 Å². The highest BCUT2D eigenvalue weighted by Gasteiger charge is 2.45. The van der Waals surface area contributed by atoms with E-state index in [1.165, 1.54) is 28.1 Å². The SMILES string of the molecule is O=C(CC1C(=O)N(c2ccccc2)C(=S)N1NC(=O)c1ccccc1)Nc1cc(Cl)cc(Cl)c1. The molecule has 1 unspecified atom stereocenters. The second-order valence-electron chi connectivity index (χ2n) is 7.39. The van der Waals surface area contributed by atoms with Gasteiger partial charge < -0.3 is 5.32 Å². The maximum atomic E-state index is 13.4. The first-order chi connectivity index (χ1) is 16.3. The van der Waals surface area contributed by atoms with Crippen LogP contribution in [-0.4, -0.2) is 33.9 Å². The third-order valence-corrected chi connectivity index (χ3v) is 5.83. The van der Waals surface area contributed by atoms with Gasteiger partial charge in [0.1, 0.15) is 6.04 Å². The van der Waals surface area contributed by atoms with Crippen molar-refractivity contribution in [2.24, 2.45) is 0 Å². The van der Waals surface area contributed by atoms with Gasteiger partial charge in [-0.15, -0.1) is 0 Å². The van der Waals surface area contributed by atoms with Crippen LogP contribution < -0.4 is 15.6 Å². The van der Waals surface area contributed by atoms with Gasteiger partial charge in [0, 0.05) is 21.3 Å². The summed E-state index contributed by atoms with van der Waals surface area (Å²) in [5, 5.41) is 4.71. The van der Waals surface area contributed by atoms with Gasteiger partial charge >= 0.3 is 0 Å². The summed E-state index contributed by atoms with van der Waals surface area (Å²) in [6, 6.07) is 20.8. The standard InChI is InChI=1S/C24H18Cl2N4O3S/c25-16-11-17(26)13-18(12-16)27-21(31)14-20-23(33)29(19-9-5-2-6-10-19)24(34)30(20)28-22(32)15-7-3-1-4-8-15/h1-13,20H,14H2,(H,27,31)(H,28,32). The van der Waals surface area contributed by atoms with Crippen molar-refractivity contribution in [2.45, 2.75) is 12.5 Å². The van der Waals surface area contributed by atoms with Crippen molar-refractivity contribution < 1.29 is 14.4 Å². The summed E-state index contributed by atoms with van der Waals surface area (Å²) in [5.41, 5.74) is 3.98. The minimum atomic E-state index is -1.06. The van der Waals surface area contributed by atoms with Crippen LogP contribution in [0.5, 0.6) is 0 Å². The summed E-state index contributed by atoms with van der Waals surface area (Å²) in [6.07, 6.45) is -0.276. The van der Waals surface area contributed by atoms with E-state index < -0.39 is 23.8 Å². The third-order valence-electron chi connectivity index (χ3n) is 5.01. The van der Waals surface area contributed by atoms with Crippen LogP contribution in [-0.2, 0) is 9.59 Å². The fourth-order valence-corrected chi connectivity index (χ4v) is 4.39. The van der Waals surface area contributed by atoms with E-state index in [9.17, 15) is 14.4 Å². The van der Waals surface area contributed by atoms with E-state index in [0.29, 0.717) is 27.0 Å². The average molecular weight is 513 g/mol. The number of para-hydroxylation sites is 1. The summed E-state index contributed by atoms with van der Waals surface area (Å²) in [7, 11) is 0. The van der Waals surface area contributed by atoms with Gasteiger partial charge in [-0.05, 0) is 54.7 Å². The van der Waals surface area contributed by atoms with Crippen molar-refractivity contribution in [1.29, 1.82) is 0 Å². The zero-order valence-electron chi connectivity index (χ0n) is 17.6. The Morgan fingerprint density at radius 1 is 0.912 bits per heavy atom. The van der Waals surface area contributed by atoms with Crippen molar-refractivity contribution >= 4 is 69.6 Å². The minimum Gasteiger partial charge on any atom is -0.326 e. The Balaban J connectivity index is 1.59. The first-order valence-corrected chi connectivity index (χ1v) is 11.3. The number of halogens is 2. The van der Waals surface area contributed by atoms with Gasteiger partial charge in [-0.1, -0.05) is 59.6 Å². The summed E-state index contributed by atoms with van der Waals surface area (Å²) in [4.78, 5) is 40.3. The van der Waals surface area contributed by atoms with E-state index in [1.807, 2.05) is 6.07 Å². The number of anilines is 2. The summed E-state index contributed by atoms with van der Waals surface area (Å²) in [5.74, 6) is -1.38. The lowest BCUT2D eigenvalue weighted by molar-refractivity contribution is -0.124. The fraction of sp³-hybridized carbons (Fsp3) is 0.0833. The lowest BCUT2D eigenvalue weighted by Gasteiger charge is -2.24. The molecule has 4 rings (SSSR count). The van der Waals surface area contributed by atoms with E-state index in [2.05, 4.69) is 10.7 Å². The predicted molar refractivity (Wildman–Crippen MR) is 136 cm³/mol. The Morgan fingerprint density at radius 3 is 2.12 bits per heavy atom. The van der Waals surface area contributed by atoms with Crippen LogP contribution in [0.2, 0.25) is 10.0 Å². The van der Waals surface area contributed by atoms with Gasteiger partial charge in [0.2, 0.25) is 11.0 Å². The van der Waals surface area contributed by atoms with Crippen molar-refractivity contribution in [3.8, 4) is 0 Å². The summed E-state index contributed by atoms with van der Waals surface area (Å²) in [6.45, 7) is 0. The molecule has 0 aliphatic carbocycles. The number of hydrogen-bond donors (Lipinski definition) is 2. The molecule has 7 nitrogen and oxygen atoms in total. The molecule has 1 heterocycles. The molecule has 3 aromatic rings. The van der Waals surface area contributed by atoms with Gasteiger partial charge in [-0.2, -0.15) is 0 Å². The highest BCUT2D eigenvalue weighted by atomic mass is 35.5. The molecule has 1 atom stereocenters. The predicted octanol–water partition coefficient (Wildman–Crippen LogP) is 4.67. The highest BCUT2D eigenvalue weighted by Crippen LogP contribution is 2.27. The molecule has 2 N–H and O–H groups in total. The Kier molecular flexibility index (Phi) is 7.12. The number of carbonyl (C=O) groups excluding carboxylic acids is 3. The zero-order chi connectivity index (χ0) is 24.2. The molecular weight excluding hydrogens is 495 g/mol. The molecule has 0 saturated carbocycles. The van der Waals surface area contributed by atoms with Crippen LogP contribution in [0.15, 0.2) is 78.9 Å². The van der Waals surface area contributed by atoms with Crippen molar-refractivity contribution in [1.82, 2.24) is 10.4 Å². The molecule has 0 spiro atoms. The number of nitrogens with one attached hydrogen (secondary N) is 2. The molecule has 3 aromatic carbocycles. The number of carbonyl (C=O) groups is 3. The van der Waals surface area contributed by atoms with E-state index in [0.717, 1.165) is 0 Å². The smallest absolute Gasteiger partial charge is 0.269 e. The lowest BCUT2D eigenvalue weighted by Crippen LogP contribution is -2.49. The average Bonchev–Trinajstić information content (AvgIpc) is 3.03.